The number of aromatic nitrogens is 1. The molecule has 8 nitrogen and oxygen atoms in total. The Morgan fingerprint density at radius 3 is 2.59 bits per heavy atom. The minimum atomic E-state index is -1.26. The number of rotatable bonds is 13. The highest BCUT2D eigenvalue weighted by molar-refractivity contribution is 6.08. The molecule has 0 aliphatic rings. The fraction of sp³-hybridized carbons (Fsp3) is 0.276. The Labute approximate surface area is 217 Å². The van der Waals surface area contributed by atoms with E-state index in [4.69, 9.17) is 14.9 Å². The molecule has 0 radical (unpaired) electrons. The largest absolute Gasteiger partial charge is 0.488 e. The smallest absolute Gasteiger partial charge is 0.342 e. The van der Waals surface area contributed by atoms with Crippen LogP contribution in [0, 0.1) is 19.3 Å². The molecule has 1 heterocycles. The van der Waals surface area contributed by atoms with Gasteiger partial charge in [0, 0.05) is 11.8 Å². The van der Waals surface area contributed by atoms with Crippen molar-refractivity contribution in [3.63, 3.8) is 0 Å². The molecule has 194 valence electrons. The van der Waals surface area contributed by atoms with Crippen LogP contribution in [0.3, 0.4) is 0 Å². The summed E-state index contributed by atoms with van der Waals surface area (Å²) in [5, 5.41) is 23.0. The second-order valence-corrected chi connectivity index (χ2v) is 8.51. The minimum absolute atomic E-state index is 0.0381. The molecular formula is C29H34N4O4. The van der Waals surface area contributed by atoms with Crippen LogP contribution >= 0.6 is 0 Å². The van der Waals surface area contributed by atoms with Crippen LogP contribution in [0.25, 0.3) is 11.3 Å². The number of ether oxygens (including phenoxy) is 2. The van der Waals surface area contributed by atoms with Crippen molar-refractivity contribution in [1.82, 2.24) is 10.3 Å². The van der Waals surface area contributed by atoms with Gasteiger partial charge in [0.25, 0.3) is 0 Å². The summed E-state index contributed by atoms with van der Waals surface area (Å²) in [6, 6.07) is 17.7. The van der Waals surface area contributed by atoms with Gasteiger partial charge in [-0.2, -0.15) is 0 Å². The summed E-state index contributed by atoms with van der Waals surface area (Å²) in [6.07, 6.45) is 1.70. The van der Waals surface area contributed by atoms with Crippen molar-refractivity contribution in [3.05, 3.63) is 88.3 Å². The number of hydrogen-bond donors (Lipinski definition) is 4. The lowest BCUT2D eigenvalue weighted by Crippen LogP contribution is -2.15. The first-order chi connectivity index (χ1) is 17.9. The van der Waals surface area contributed by atoms with E-state index >= 15 is 0 Å². The lowest BCUT2D eigenvalue weighted by atomic mass is 10.0. The maximum absolute atomic E-state index is 11.5. The van der Waals surface area contributed by atoms with Crippen LogP contribution in [0.4, 0.5) is 5.82 Å². The van der Waals surface area contributed by atoms with Crippen molar-refractivity contribution in [1.29, 1.82) is 5.41 Å². The second kappa shape index (κ2) is 13.2. The van der Waals surface area contributed by atoms with Gasteiger partial charge in [0.05, 0.1) is 12.3 Å². The number of nitrogens with zero attached hydrogens (tertiary/aromatic N) is 1. The third kappa shape index (κ3) is 7.17. The Kier molecular flexibility index (Phi) is 9.80. The number of para-hydroxylation sites is 1. The molecule has 0 saturated heterocycles. The molecule has 4 N–H and O–H groups in total. The molecule has 3 rings (SSSR count). The molecule has 0 saturated carbocycles. The molecule has 37 heavy (non-hydrogen) atoms. The van der Waals surface area contributed by atoms with Crippen LogP contribution in [-0.2, 0) is 22.6 Å². The third-order valence-electron chi connectivity index (χ3n) is 5.83. The summed E-state index contributed by atoms with van der Waals surface area (Å²) in [5.41, 5.74) is 5.81. The van der Waals surface area contributed by atoms with Gasteiger partial charge in [-0.15, -0.1) is 0 Å². The highest BCUT2D eigenvalue weighted by Crippen LogP contribution is 2.33. The number of nitrogens with one attached hydrogen (secondary N) is 3. The van der Waals surface area contributed by atoms with Crippen LogP contribution in [-0.4, -0.2) is 42.5 Å². The highest BCUT2D eigenvalue weighted by Gasteiger charge is 2.16. The molecule has 0 spiro atoms. The molecule has 2 aromatic carbocycles. The zero-order chi connectivity index (χ0) is 26.8. The number of likely N-dealkylation sites (N-methyl/N-ethyl adjacent to an activating group) is 1. The molecule has 3 aromatic rings. The topological polar surface area (TPSA) is 117 Å². The van der Waals surface area contributed by atoms with Crippen molar-refractivity contribution in [2.45, 2.75) is 33.8 Å². The zero-order valence-electron chi connectivity index (χ0n) is 21.7. The Hall–Kier alpha value is -4.17. The quantitative estimate of drug-likeness (QED) is 0.146. The number of carboxylic acid groups (broad SMARTS) is 1. The fourth-order valence-electron chi connectivity index (χ4n) is 3.87. The molecule has 0 unspecified atom stereocenters. The molecule has 0 fully saturated rings. The standard InChI is InChI=1S/C29H34N4O4/c1-5-36-28(24(17-30)29(34)35)33-26-11-7-10-25(32-26)23-9-6-8-20(3)27(23)37-18-21-13-12-19(2)22(16-21)14-15-31-4/h6-13,16-17,30-31H,5,14-15,18H2,1-4H3,(H,32,33)(H,34,35)/b28-24-,30-17?. The van der Waals surface area contributed by atoms with Gasteiger partial charge in [0.2, 0.25) is 5.88 Å². The summed E-state index contributed by atoms with van der Waals surface area (Å²) >= 11 is 0. The molecule has 1 aromatic heterocycles. The number of hydrogen-bond acceptors (Lipinski definition) is 7. The number of aliphatic carboxylic acids is 1. The monoisotopic (exact) mass is 502 g/mol. The third-order valence-corrected chi connectivity index (χ3v) is 5.83. The summed E-state index contributed by atoms with van der Waals surface area (Å²) < 4.78 is 11.8. The number of carboxylic acids is 1. The van der Waals surface area contributed by atoms with Gasteiger partial charge in [-0.1, -0.05) is 36.4 Å². The Morgan fingerprint density at radius 1 is 1.11 bits per heavy atom. The van der Waals surface area contributed by atoms with Crippen LogP contribution in [0.2, 0.25) is 0 Å². The van der Waals surface area contributed by atoms with Crippen LogP contribution in [0.1, 0.15) is 29.2 Å². The average molecular weight is 503 g/mol. The number of benzene rings is 2. The predicted molar refractivity (Wildman–Crippen MR) is 146 cm³/mol. The van der Waals surface area contributed by atoms with Crippen molar-refractivity contribution in [2.24, 2.45) is 0 Å². The van der Waals surface area contributed by atoms with E-state index in [1.807, 2.05) is 44.3 Å². The summed E-state index contributed by atoms with van der Waals surface area (Å²) in [7, 11) is 1.95. The molecule has 0 bridgehead atoms. The predicted octanol–water partition coefficient (Wildman–Crippen LogP) is 5.10. The lowest BCUT2D eigenvalue weighted by Gasteiger charge is -2.16. The van der Waals surface area contributed by atoms with E-state index in [2.05, 4.69) is 40.7 Å². The van der Waals surface area contributed by atoms with Gasteiger partial charge in [-0.3, -0.25) is 0 Å². The van der Waals surface area contributed by atoms with Crippen molar-refractivity contribution in [3.8, 4) is 17.0 Å². The fourth-order valence-corrected chi connectivity index (χ4v) is 3.87. The van der Waals surface area contributed by atoms with E-state index in [0.717, 1.165) is 41.6 Å². The maximum atomic E-state index is 11.5. The molecule has 0 aliphatic heterocycles. The lowest BCUT2D eigenvalue weighted by molar-refractivity contribution is -0.132. The number of pyridine rings is 1. The first-order valence-electron chi connectivity index (χ1n) is 12.2. The first-order valence-corrected chi connectivity index (χ1v) is 12.2. The van der Waals surface area contributed by atoms with Gasteiger partial charge in [-0.25, -0.2) is 9.78 Å². The minimum Gasteiger partial charge on any atom is -0.488 e. The van der Waals surface area contributed by atoms with Crippen molar-refractivity contribution >= 4 is 18.0 Å². The molecule has 0 aliphatic carbocycles. The summed E-state index contributed by atoms with van der Waals surface area (Å²) in [5.74, 6) is -0.178. The van der Waals surface area contributed by atoms with Gasteiger partial charge in [0.15, 0.2) is 0 Å². The van der Waals surface area contributed by atoms with Gasteiger partial charge < -0.3 is 30.6 Å². The van der Waals surface area contributed by atoms with Crippen LogP contribution in [0.5, 0.6) is 5.75 Å². The van der Waals surface area contributed by atoms with Gasteiger partial charge in [0.1, 0.15) is 23.7 Å². The van der Waals surface area contributed by atoms with E-state index in [1.165, 1.54) is 11.1 Å². The SMILES string of the molecule is CCO/C(Nc1cccc(-c2cccc(C)c2OCc2ccc(C)c(CCNC)c2)n1)=C(/C=N)C(=O)O. The average Bonchev–Trinajstić information content (AvgIpc) is 2.88. The van der Waals surface area contributed by atoms with Crippen LogP contribution in [0.15, 0.2) is 66.1 Å². The van der Waals surface area contributed by atoms with Crippen LogP contribution < -0.4 is 15.4 Å². The molecule has 8 heteroatoms. The Morgan fingerprint density at radius 2 is 1.89 bits per heavy atom. The summed E-state index contributed by atoms with van der Waals surface area (Å²) in [6.45, 7) is 7.42. The Balaban J connectivity index is 1.89. The number of anilines is 1. The zero-order valence-corrected chi connectivity index (χ0v) is 21.7. The van der Waals surface area contributed by atoms with Gasteiger partial charge >= 0.3 is 5.97 Å². The maximum Gasteiger partial charge on any atom is 0.342 e. The van der Waals surface area contributed by atoms with E-state index in [9.17, 15) is 9.90 Å². The normalized spacial score (nSPS) is 11.5. The van der Waals surface area contributed by atoms with E-state index < -0.39 is 5.97 Å². The second-order valence-electron chi connectivity index (χ2n) is 8.51. The van der Waals surface area contributed by atoms with Gasteiger partial charge in [-0.05, 0) is 81.2 Å². The van der Waals surface area contributed by atoms with E-state index in [0.29, 0.717) is 18.1 Å². The molecule has 0 amide bonds. The highest BCUT2D eigenvalue weighted by atomic mass is 16.5. The molecular weight excluding hydrogens is 468 g/mol. The number of carbonyl (C=O) groups is 1. The Bertz CT molecular complexity index is 1290. The van der Waals surface area contributed by atoms with Crippen molar-refractivity contribution < 1.29 is 19.4 Å². The first kappa shape index (κ1) is 27.4. The summed E-state index contributed by atoms with van der Waals surface area (Å²) in [4.78, 5) is 16.2. The molecule has 0 atom stereocenters. The van der Waals surface area contributed by atoms with Crippen molar-refractivity contribution in [2.75, 3.05) is 25.5 Å². The van der Waals surface area contributed by atoms with E-state index in [-0.39, 0.29) is 18.1 Å². The van der Waals surface area contributed by atoms with E-state index in [1.54, 1.807) is 13.0 Å². The number of aryl methyl sites for hydroxylation is 2.